The van der Waals surface area contributed by atoms with Gasteiger partial charge in [0.25, 0.3) is 0 Å². The maximum absolute atomic E-state index is 12.3. The number of hydrogen-bond acceptors (Lipinski definition) is 2. The van der Waals surface area contributed by atoms with Crippen LogP contribution in [0.15, 0.2) is 12.4 Å². The van der Waals surface area contributed by atoms with Gasteiger partial charge in [-0.2, -0.15) is 30.9 Å². The number of aromatic nitrogens is 2. The molecule has 0 fully saturated rings. The third-order valence-corrected chi connectivity index (χ3v) is 3.03. The molecule has 0 saturated carbocycles. The van der Waals surface area contributed by atoms with Gasteiger partial charge < -0.3 is 0 Å². The lowest BCUT2D eigenvalue weighted by Crippen LogP contribution is -2.18. The van der Waals surface area contributed by atoms with Crippen LogP contribution in [-0.4, -0.2) is 15.5 Å². The highest BCUT2D eigenvalue weighted by molar-refractivity contribution is 7.80. The fraction of sp³-hybridized carbons (Fsp3) is 0.700. The molecule has 0 aromatic carbocycles. The summed E-state index contributed by atoms with van der Waals surface area (Å²) in [5.74, 6) is 1.24. The Morgan fingerprint density at radius 1 is 1.44 bits per heavy atom. The summed E-state index contributed by atoms with van der Waals surface area (Å²) in [4.78, 5) is 0. The minimum absolute atomic E-state index is 0.226. The largest absolute Gasteiger partial charge is 0.419 e. The average Bonchev–Trinajstić information content (AvgIpc) is 2.61. The zero-order valence-corrected chi connectivity index (χ0v) is 10.1. The molecule has 0 radical (unpaired) electrons. The van der Waals surface area contributed by atoms with Gasteiger partial charge in [0.15, 0.2) is 0 Å². The maximum atomic E-state index is 12.3. The lowest BCUT2D eigenvalue weighted by atomic mass is 9.98. The summed E-state index contributed by atoms with van der Waals surface area (Å²) < 4.78 is 38.3. The molecule has 0 aliphatic rings. The van der Waals surface area contributed by atoms with Crippen LogP contribution in [0.2, 0.25) is 0 Å². The topological polar surface area (TPSA) is 17.8 Å². The van der Waals surface area contributed by atoms with Gasteiger partial charge in [-0.05, 0) is 17.6 Å². The smallest absolute Gasteiger partial charge is 0.272 e. The SMILES string of the molecule is CC(C)C(CS)Cn1cc(C(F)(F)F)cn1. The quantitative estimate of drug-likeness (QED) is 0.815. The van der Waals surface area contributed by atoms with E-state index in [0.29, 0.717) is 18.2 Å². The lowest BCUT2D eigenvalue weighted by molar-refractivity contribution is -0.137. The van der Waals surface area contributed by atoms with Crippen molar-refractivity contribution < 1.29 is 13.2 Å². The molecule has 1 atom stereocenters. The van der Waals surface area contributed by atoms with Crippen LogP contribution in [0.3, 0.4) is 0 Å². The molecule has 1 heterocycles. The molecule has 1 aromatic heterocycles. The molecule has 0 bridgehead atoms. The van der Waals surface area contributed by atoms with Crippen LogP contribution in [0, 0.1) is 11.8 Å². The lowest BCUT2D eigenvalue weighted by Gasteiger charge is -2.18. The van der Waals surface area contributed by atoms with Crippen molar-refractivity contribution in [1.82, 2.24) is 9.78 Å². The van der Waals surface area contributed by atoms with Gasteiger partial charge in [-0.1, -0.05) is 13.8 Å². The molecule has 1 aromatic rings. The van der Waals surface area contributed by atoms with Crippen LogP contribution >= 0.6 is 12.6 Å². The van der Waals surface area contributed by atoms with E-state index >= 15 is 0 Å². The Morgan fingerprint density at radius 2 is 2.06 bits per heavy atom. The average molecular weight is 252 g/mol. The van der Waals surface area contributed by atoms with Gasteiger partial charge in [-0.3, -0.25) is 4.68 Å². The summed E-state index contributed by atoms with van der Waals surface area (Å²) in [6, 6.07) is 0. The predicted octanol–water partition coefficient (Wildman–Crippen LogP) is 3.10. The van der Waals surface area contributed by atoms with Crippen molar-refractivity contribution in [2.75, 3.05) is 5.75 Å². The van der Waals surface area contributed by atoms with Crippen molar-refractivity contribution in [2.24, 2.45) is 11.8 Å². The van der Waals surface area contributed by atoms with Crippen LogP contribution in [0.5, 0.6) is 0 Å². The van der Waals surface area contributed by atoms with Crippen molar-refractivity contribution >= 4 is 12.6 Å². The molecule has 16 heavy (non-hydrogen) atoms. The Hall–Kier alpha value is -0.650. The van der Waals surface area contributed by atoms with Crippen molar-refractivity contribution in [3.63, 3.8) is 0 Å². The molecule has 0 amide bonds. The second kappa shape index (κ2) is 5.12. The van der Waals surface area contributed by atoms with E-state index in [1.165, 1.54) is 4.68 Å². The van der Waals surface area contributed by atoms with Gasteiger partial charge in [-0.15, -0.1) is 0 Å². The summed E-state index contributed by atoms with van der Waals surface area (Å²) in [6.07, 6.45) is -2.42. The van der Waals surface area contributed by atoms with Crippen molar-refractivity contribution in [1.29, 1.82) is 0 Å². The summed E-state index contributed by atoms with van der Waals surface area (Å²) in [5.41, 5.74) is -0.700. The first-order valence-corrected chi connectivity index (χ1v) is 5.68. The maximum Gasteiger partial charge on any atom is 0.419 e. The van der Waals surface area contributed by atoms with Crippen LogP contribution in [-0.2, 0) is 12.7 Å². The Morgan fingerprint density at radius 3 is 2.44 bits per heavy atom. The van der Waals surface area contributed by atoms with E-state index in [1.807, 2.05) is 13.8 Å². The number of rotatable bonds is 4. The molecule has 2 nitrogen and oxygen atoms in total. The highest BCUT2D eigenvalue weighted by Gasteiger charge is 2.32. The zero-order chi connectivity index (χ0) is 12.3. The molecule has 1 rings (SSSR count). The fourth-order valence-corrected chi connectivity index (χ4v) is 1.87. The van der Waals surface area contributed by atoms with Crippen molar-refractivity contribution in [3.8, 4) is 0 Å². The summed E-state index contributed by atoms with van der Waals surface area (Å²) in [5, 5.41) is 3.72. The minimum atomic E-state index is -4.31. The van der Waals surface area contributed by atoms with E-state index in [0.717, 1.165) is 12.4 Å². The van der Waals surface area contributed by atoms with Gasteiger partial charge in [-0.25, -0.2) is 0 Å². The van der Waals surface area contributed by atoms with Crippen LogP contribution < -0.4 is 0 Å². The molecule has 6 heteroatoms. The Bertz CT molecular complexity index is 333. The fourth-order valence-electron chi connectivity index (χ4n) is 1.33. The molecule has 0 saturated heterocycles. The zero-order valence-electron chi connectivity index (χ0n) is 9.20. The standard InChI is InChI=1S/C10H15F3N2S/c1-7(2)8(6-16)4-15-5-9(3-14-15)10(11,12)13/h3,5,7-8,16H,4,6H2,1-2H3. The third-order valence-electron chi connectivity index (χ3n) is 2.56. The number of nitrogens with zero attached hydrogens (tertiary/aromatic N) is 2. The minimum Gasteiger partial charge on any atom is -0.272 e. The summed E-state index contributed by atoms with van der Waals surface area (Å²) in [6.45, 7) is 4.52. The second-order valence-corrected chi connectivity index (χ2v) is 4.50. The first kappa shape index (κ1) is 13.4. The molecular weight excluding hydrogens is 237 g/mol. The van der Waals surface area contributed by atoms with E-state index < -0.39 is 11.7 Å². The van der Waals surface area contributed by atoms with Crippen molar-refractivity contribution in [3.05, 3.63) is 18.0 Å². The summed E-state index contributed by atoms with van der Waals surface area (Å²) in [7, 11) is 0. The Kier molecular flexibility index (Phi) is 4.29. The van der Waals surface area contributed by atoms with Crippen LogP contribution in [0.4, 0.5) is 13.2 Å². The number of thiol groups is 1. The molecule has 0 aliphatic heterocycles. The molecule has 0 aliphatic carbocycles. The van der Waals surface area contributed by atoms with Crippen LogP contribution in [0.1, 0.15) is 19.4 Å². The van der Waals surface area contributed by atoms with Crippen LogP contribution in [0.25, 0.3) is 0 Å². The second-order valence-electron chi connectivity index (χ2n) is 4.14. The molecule has 92 valence electrons. The molecule has 0 N–H and O–H groups in total. The van der Waals surface area contributed by atoms with E-state index in [4.69, 9.17) is 0 Å². The summed E-state index contributed by atoms with van der Waals surface area (Å²) >= 11 is 4.19. The highest BCUT2D eigenvalue weighted by atomic mass is 32.1. The van der Waals surface area contributed by atoms with Crippen molar-refractivity contribution in [2.45, 2.75) is 26.6 Å². The monoisotopic (exact) mass is 252 g/mol. The normalized spacial score (nSPS) is 14.4. The van der Waals surface area contributed by atoms with E-state index in [9.17, 15) is 13.2 Å². The molecular formula is C10H15F3N2S. The van der Waals surface area contributed by atoms with Gasteiger partial charge in [0.2, 0.25) is 0 Å². The number of halogens is 3. The first-order chi connectivity index (χ1) is 7.34. The number of alkyl halides is 3. The third kappa shape index (κ3) is 3.43. The number of hydrogen-bond donors (Lipinski definition) is 1. The predicted molar refractivity (Wildman–Crippen MR) is 59.4 cm³/mol. The first-order valence-electron chi connectivity index (χ1n) is 5.05. The van der Waals surface area contributed by atoms with Gasteiger partial charge in [0, 0.05) is 12.7 Å². The highest BCUT2D eigenvalue weighted by Crippen LogP contribution is 2.28. The Balaban J connectivity index is 2.72. The van der Waals surface area contributed by atoms with Gasteiger partial charge in [0.1, 0.15) is 0 Å². The molecule has 0 spiro atoms. The van der Waals surface area contributed by atoms with E-state index in [-0.39, 0.29) is 5.92 Å². The van der Waals surface area contributed by atoms with Gasteiger partial charge in [0.05, 0.1) is 11.8 Å². The Labute approximate surface area is 98.2 Å². The molecule has 1 unspecified atom stereocenters. The van der Waals surface area contributed by atoms with E-state index in [2.05, 4.69) is 17.7 Å². The van der Waals surface area contributed by atoms with E-state index in [1.54, 1.807) is 0 Å². The van der Waals surface area contributed by atoms with Gasteiger partial charge >= 0.3 is 6.18 Å².